The number of fused-ring (bicyclic) bond motifs is 3. The fraction of sp³-hybridized carbons (Fsp3) is 0.686. The minimum Gasteiger partial charge on any atom is -0.482 e. The van der Waals surface area contributed by atoms with Gasteiger partial charge in [-0.05, 0) is 68.2 Å². The number of hydrogen-bond acceptors (Lipinski definition) is 6. The number of esters is 1. The third-order valence-corrected chi connectivity index (χ3v) is 8.90. The van der Waals surface area contributed by atoms with Crippen LogP contribution in [0.5, 0.6) is 5.75 Å². The summed E-state index contributed by atoms with van der Waals surface area (Å²) in [5.74, 6) is 5.39. The summed E-state index contributed by atoms with van der Waals surface area (Å²) >= 11 is 0. The van der Waals surface area contributed by atoms with Crippen LogP contribution in [0.1, 0.15) is 139 Å². The first-order chi connectivity index (χ1) is 21.0. The number of rotatable bonds is 21. The maximum absolute atomic E-state index is 12.9. The lowest BCUT2D eigenvalue weighted by atomic mass is 9.84. The lowest BCUT2D eigenvalue weighted by Gasteiger charge is -2.23. The summed E-state index contributed by atoms with van der Waals surface area (Å²) in [7, 11) is 1.35. The number of hydrogen-bond donors (Lipinski definition) is 2. The van der Waals surface area contributed by atoms with Crippen LogP contribution in [0.3, 0.4) is 0 Å². The number of carbonyl (C=O) groups is 2. The minimum atomic E-state index is -0.434. The first-order valence-corrected chi connectivity index (χ1v) is 16.8. The van der Waals surface area contributed by atoms with E-state index in [4.69, 9.17) is 20.6 Å². The van der Waals surface area contributed by atoms with Crippen LogP contribution in [-0.4, -0.2) is 30.2 Å². The third-order valence-electron chi connectivity index (χ3n) is 8.90. The predicted molar refractivity (Wildman–Crippen MR) is 172 cm³/mol. The molecule has 8 nitrogen and oxygen atoms in total. The highest BCUT2D eigenvalue weighted by molar-refractivity contribution is 5.95. The molecule has 1 aliphatic carbocycles. The molecular weight excluding hydrogens is 540 g/mol. The van der Waals surface area contributed by atoms with E-state index in [0.717, 1.165) is 79.9 Å². The van der Waals surface area contributed by atoms with E-state index in [-0.39, 0.29) is 18.4 Å². The van der Waals surface area contributed by atoms with E-state index in [9.17, 15) is 9.59 Å². The standard InChI is InChI=1S/C35H54N4O4/c1-3-4-5-6-7-8-9-10-11-14-17-23-39-30-21-18-20-28(35(41)38-37)34(30)29-25-32(43-26-33(40)42-2)27(24-31(29)39)19-15-12-13-16-22-36/h24-25,28H,3-21,23,26,37H2,1-2H3,(H,38,41). The van der Waals surface area contributed by atoms with Crippen molar-refractivity contribution in [3.05, 3.63) is 29.0 Å². The Hall–Kier alpha value is -3.05. The second-order valence-corrected chi connectivity index (χ2v) is 12.1. The highest BCUT2D eigenvalue weighted by Crippen LogP contribution is 2.42. The SMILES string of the molecule is CCCCCCCCCCCCCn1c2c(c3cc(OCC(=O)OC)c(CCCCCC#N)cc31)C(C(=O)NN)CCC2. The minimum absolute atomic E-state index is 0.159. The molecule has 8 heteroatoms. The van der Waals surface area contributed by atoms with Gasteiger partial charge in [-0.25, -0.2) is 10.6 Å². The maximum Gasteiger partial charge on any atom is 0.343 e. The number of benzene rings is 1. The van der Waals surface area contributed by atoms with Gasteiger partial charge in [0, 0.05) is 29.6 Å². The number of amides is 1. The fourth-order valence-corrected chi connectivity index (χ4v) is 6.55. The van der Waals surface area contributed by atoms with Gasteiger partial charge in [-0.1, -0.05) is 77.6 Å². The van der Waals surface area contributed by atoms with Gasteiger partial charge in [0.05, 0.1) is 19.1 Å². The van der Waals surface area contributed by atoms with Crippen LogP contribution in [-0.2, 0) is 33.7 Å². The average Bonchev–Trinajstić information content (AvgIpc) is 3.33. The summed E-state index contributed by atoms with van der Waals surface area (Å²) in [6.07, 6.45) is 21.1. The molecule has 0 saturated heterocycles. The van der Waals surface area contributed by atoms with Crippen molar-refractivity contribution in [3.8, 4) is 11.8 Å². The third kappa shape index (κ3) is 10.3. The van der Waals surface area contributed by atoms with Gasteiger partial charge in [0.15, 0.2) is 6.61 Å². The van der Waals surface area contributed by atoms with E-state index in [1.807, 2.05) is 6.07 Å². The molecule has 238 valence electrons. The van der Waals surface area contributed by atoms with E-state index in [1.165, 1.54) is 77.0 Å². The van der Waals surface area contributed by atoms with Crippen LogP contribution in [0.2, 0.25) is 0 Å². The number of aromatic nitrogens is 1. The van der Waals surface area contributed by atoms with Crippen molar-refractivity contribution in [2.45, 2.75) is 141 Å². The molecule has 3 N–H and O–H groups in total. The molecule has 1 aromatic heterocycles. The molecule has 1 aliphatic rings. The largest absolute Gasteiger partial charge is 0.482 e. The van der Waals surface area contributed by atoms with Crippen molar-refractivity contribution in [1.82, 2.24) is 9.99 Å². The first-order valence-electron chi connectivity index (χ1n) is 16.8. The summed E-state index contributed by atoms with van der Waals surface area (Å²) in [6, 6.07) is 6.46. The monoisotopic (exact) mass is 594 g/mol. The number of nitrogens with two attached hydrogens (primary N) is 1. The number of nitrogens with one attached hydrogen (secondary N) is 1. The van der Waals surface area contributed by atoms with Crippen LogP contribution in [0.15, 0.2) is 12.1 Å². The Balaban J connectivity index is 1.81. The fourth-order valence-electron chi connectivity index (χ4n) is 6.55. The van der Waals surface area contributed by atoms with Gasteiger partial charge in [-0.15, -0.1) is 0 Å². The molecule has 3 rings (SSSR count). The first kappa shape index (κ1) is 34.4. The zero-order chi connectivity index (χ0) is 30.9. The van der Waals surface area contributed by atoms with Crippen LogP contribution < -0.4 is 16.0 Å². The Kier molecular flexibility index (Phi) is 15.4. The lowest BCUT2D eigenvalue weighted by molar-refractivity contribution is -0.142. The van der Waals surface area contributed by atoms with Gasteiger partial charge in [-0.3, -0.25) is 10.2 Å². The van der Waals surface area contributed by atoms with Crippen LogP contribution in [0.25, 0.3) is 10.9 Å². The van der Waals surface area contributed by atoms with Gasteiger partial charge >= 0.3 is 5.97 Å². The second-order valence-electron chi connectivity index (χ2n) is 12.1. The molecule has 0 saturated carbocycles. The smallest absolute Gasteiger partial charge is 0.343 e. The molecule has 1 atom stereocenters. The molecule has 1 heterocycles. The quantitative estimate of drug-likeness (QED) is 0.0507. The number of methoxy groups -OCH3 is 1. The highest BCUT2D eigenvalue weighted by atomic mass is 16.6. The Morgan fingerprint density at radius 2 is 1.67 bits per heavy atom. The van der Waals surface area contributed by atoms with Gasteiger partial charge in [0.2, 0.25) is 5.91 Å². The van der Waals surface area contributed by atoms with Crippen molar-refractivity contribution in [3.63, 3.8) is 0 Å². The lowest BCUT2D eigenvalue weighted by Crippen LogP contribution is -2.36. The number of hydrazine groups is 1. The molecule has 0 bridgehead atoms. The van der Waals surface area contributed by atoms with Crippen molar-refractivity contribution in [2.75, 3.05) is 13.7 Å². The number of nitriles is 1. The molecule has 2 aromatic rings. The average molecular weight is 595 g/mol. The molecule has 1 unspecified atom stereocenters. The molecule has 0 spiro atoms. The van der Waals surface area contributed by atoms with Crippen molar-refractivity contribution < 1.29 is 19.1 Å². The summed E-state index contributed by atoms with van der Waals surface area (Å²) in [5, 5.41) is 9.92. The molecule has 0 aliphatic heterocycles. The Bertz CT molecular complexity index is 1200. The Morgan fingerprint density at radius 1 is 1.00 bits per heavy atom. The zero-order valence-corrected chi connectivity index (χ0v) is 26.7. The summed E-state index contributed by atoms with van der Waals surface area (Å²) in [4.78, 5) is 24.9. The molecule has 0 fully saturated rings. The van der Waals surface area contributed by atoms with E-state index in [1.54, 1.807) is 0 Å². The molecule has 1 aromatic carbocycles. The number of carbonyl (C=O) groups excluding carboxylic acids is 2. The molecule has 1 amide bonds. The summed E-state index contributed by atoms with van der Waals surface area (Å²) in [6.45, 7) is 3.02. The topological polar surface area (TPSA) is 119 Å². The van der Waals surface area contributed by atoms with Crippen molar-refractivity contribution >= 4 is 22.8 Å². The second kappa shape index (κ2) is 19.3. The number of ether oxygens (including phenoxy) is 2. The number of aryl methyl sites for hydroxylation is 2. The van der Waals surface area contributed by atoms with E-state index in [0.29, 0.717) is 12.2 Å². The van der Waals surface area contributed by atoms with E-state index in [2.05, 4.69) is 29.1 Å². The molecule has 43 heavy (non-hydrogen) atoms. The molecular formula is C35H54N4O4. The van der Waals surface area contributed by atoms with Crippen molar-refractivity contribution in [1.29, 1.82) is 5.26 Å². The number of unbranched alkanes of at least 4 members (excludes halogenated alkanes) is 13. The highest BCUT2D eigenvalue weighted by Gasteiger charge is 2.32. The van der Waals surface area contributed by atoms with Gasteiger partial charge in [0.25, 0.3) is 0 Å². The summed E-state index contributed by atoms with van der Waals surface area (Å²) in [5.41, 5.74) is 6.85. The van der Waals surface area contributed by atoms with E-state index >= 15 is 0 Å². The van der Waals surface area contributed by atoms with E-state index < -0.39 is 5.97 Å². The Morgan fingerprint density at radius 3 is 2.33 bits per heavy atom. The van der Waals surface area contributed by atoms with Gasteiger partial charge in [-0.2, -0.15) is 5.26 Å². The van der Waals surface area contributed by atoms with Crippen LogP contribution in [0, 0.1) is 11.3 Å². The van der Waals surface area contributed by atoms with Crippen LogP contribution >= 0.6 is 0 Å². The zero-order valence-electron chi connectivity index (χ0n) is 26.7. The maximum atomic E-state index is 12.9. The van der Waals surface area contributed by atoms with Crippen LogP contribution in [0.4, 0.5) is 0 Å². The Labute approximate surface area is 258 Å². The van der Waals surface area contributed by atoms with Gasteiger partial charge < -0.3 is 14.0 Å². The summed E-state index contributed by atoms with van der Waals surface area (Å²) < 4.78 is 13.3. The molecule has 0 radical (unpaired) electrons. The van der Waals surface area contributed by atoms with Crippen molar-refractivity contribution in [2.24, 2.45) is 5.84 Å². The predicted octanol–water partition coefficient (Wildman–Crippen LogP) is 7.54. The number of nitrogens with zero attached hydrogens (tertiary/aromatic N) is 2. The normalized spacial score (nSPS) is 14.3. The van der Waals surface area contributed by atoms with Gasteiger partial charge in [0.1, 0.15) is 5.75 Å².